The molecule has 4 saturated carbocycles. The Hall–Kier alpha value is 0.560. The van der Waals surface area contributed by atoms with Gasteiger partial charge in [-0.15, -0.1) is 0 Å². The van der Waals surface area contributed by atoms with Crippen LogP contribution in [0.4, 0.5) is 8.78 Å². The van der Waals surface area contributed by atoms with Gasteiger partial charge in [0.25, 0.3) is 0 Å². The van der Waals surface area contributed by atoms with Gasteiger partial charge in [-0.25, -0.2) is 8.78 Å². The molecule has 0 saturated heterocycles. The predicted octanol–water partition coefficient (Wildman–Crippen LogP) is 5.76. The molecule has 0 heterocycles. The first-order chi connectivity index (χ1) is 9.58. The molecule has 4 aliphatic carbocycles. The van der Waals surface area contributed by atoms with E-state index in [-0.39, 0.29) is 21.5 Å². The molecule has 4 heteroatoms. The van der Waals surface area contributed by atoms with Gasteiger partial charge < -0.3 is 0 Å². The Morgan fingerprint density at radius 3 is 1.30 bits per heavy atom. The Balaban J connectivity index is 1.61. The van der Waals surface area contributed by atoms with E-state index in [1.165, 1.54) is 12.8 Å². The average molecular weight is 410 g/mol. The van der Waals surface area contributed by atoms with Gasteiger partial charge in [-0.1, -0.05) is 31.9 Å². The molecule has 0 N–H and O–H groups in total. The van der Waals surface area contributed by atoms with Gasteiger partial charge >= 0.3 is 0 Å². The van der Waals surface area contributed by atoms with Gasteiger partial charge in [0.15, 0.2) is 0 Å². The second-order valence-electron chi connectivity index (χ2n) is 7.30. The Morgan fingerprint density at radius 1 is 0.650 bits per heavy atom. The first-order valence-corrected chi connectivity index (χ1v) is 9.74. The third-order valence-electron chi connectivity index (χ3n) is 6.44. The Labute approximate surface area is 136 Å². The van der Waals surface area contributed by atoms with Crippen LogP contribution >= 0.6 is 31.9 Å². The molecule has 8 atom stereocenters. The first kappa shape index (κ1) is 14.2. The summed E-state index contributed by atoms with van der Waals surface area (Å²) in [6.45, 7) is 0. The first-order valence-electron chi connectivity index (χ1n) is 7.91. The predicted molar refractivity (Wildman–Crippen MR) is 83.3 cm³/mol. The lowest BCUT2D eigenvalue weighted by atomic mass is 9.82. The van der Waals surface area contributed by atoms with Gasteiger partial charge in [0.1, 0.15) is 11.7 Å². The fourth-order valence-electron chi connectivity index (χ4n) is 5.45. The number of hydrogen-bond acceptors (Lipinski definition) is 0. The third-order valence-corrected chi connectivity index (χ3v) is 9.08. The number of hydrogen-bond donors (Lipinski definition) is 0. The zero-order valence-electron chi connectivity index (χ0n) is 11.4. The summed E-state index contributed by atoms with van der Waals surface area (Å²) in [6, 6.07) is 0. The zero-order chi connectivity index (χ0) is 14.0. The second-order valence-corrected chi connectivity index (χ2v) is 9.42. The molecule has 0 amide bonds. The summed E-state index contributed by atoms with van der Waals surface area (Å²) in [5.41, 5.74) is 0. The molecular formula is C16H20Br2F2. The van der Waals surface area contributed by atoms with Crippen molar-refractivity contribution in [1.29, 1.82) is 0 Å². The molecule has 0 aliphatic heterocycles. The van der Waals surface area contributed by atoms with Crippen LogP contribution in [-0.4, -0.2) is 9.65 Å². The van der Waals surface area contributed by atoms with Crippen molar-refractivity contribution in [1.82, 2.24) is 0 Å². The summed E-state index contributed by atoms with van der Waals surface area (Å²) in [4.78, 5) is 0.304. The monoisotopic (exact) mass is 408 g/mol. The highest BCUT2D eigenvalue weighted by molar-refractivity contribution is 9.09. The van der Waals surface area contributed by atoms with Crippen molar-refractivity contribution in [2.24, 2.45) is 35.5 Å². The van der Waals surface area contributed by atoms with Gasteiger partial charge in [0.2, 0.25) is 0 Å². The maximum absolute atomic E-state index is 14.8. The molecular weight excluding hydrogens is 390 g/mol. The number of fused-ring (bicyclic) bond motifs is 4. The lowest BCUT2D eigenvalue weighted by molar-refractivity contribution is 0.279. The molecule has 4 aliphatic rings. The van der Waals surface area contributed by atoms with Gasteiger partial charge in [-0.2, -0.15) is 0 Å². The lowest BCUT2D eigenvalue weighted by Crippen LogP contribution is -2.27. The minimum atomic E-state index is -0.416. The van der Waals surface area contributed by atoms with Crippen LogP contribution in [0.15, 0.2) is 11.7 Å². The number of allylic oxidation sites excluding steroid dienone is 2. The molecule has 0 aromatic heterocycles. The second kappa shape index (κ2) is 5.04. The quantitative estimate of drug-likeness (QED) is 0.509. The number of alkyl halides is 2. The van der Waals surface area contributed by atoms with E-state index in [0.29, 0.717) is 23.7 Å². The minimum absolute atomic E-state index is 0.152. The summed E-state index contributed by atoms with van der Waals surface area (Å²) in [7, 11) is 0. The van der Waals surface area contributed by atoms with Crippen molar-refractivity contribution in [3.05, 3.63) is 11.7 Å². The van der Waals surface area contributed by atoms with Crippen LogP contribution < -0.4 is 0 Å². The molecule has 0 radical (unpaired) electrons. The molecule has 20 heavy (non-hydrogen) atoms. The van der Waals surface area contributed by atoms with Crippen molar-refractivity contribution in [2.75, 3.05) is 0 Å². The van der Waals surface area contributed by atoms with Crippen molar-refractivity contribution >= 4 is 31.9 Å². The summed E-state index contributed by atoms with van der Waals surface area (Å²) >= 11 is 7.29. The molecule has 4 bridgehead atoms. The van der Waals surface area contributed by atoms with Gasteiger partial charge in [0, 0.05) is 21.5 Å². The van der Waals surface area contributed by atoms with Crippen molar-refractivity contribution in [3.63, 3.8) is 0 Å². The summed E-state index contributed by atoms with van der Waals surface area (Å²) < 4.78 is 29.6. The van der Waals surface area contributed by atoms with Crippen LogP contribution in [0.5, 0.6) is 0 Å². The Kier molecular flexibility index (Phi) is 3.57. The fourth-order valence-corrected chi connectivity index (χ4v) is 7.74. The molecule has 0 aromatic rings. The highest BCUT2D eigenvalue weighted by Gasteiger charge is 2.53. The standard InChI is InChI=1S/C16H20Br2F2/c17-13-9-3-1-7(5-9)11(13)15(19)16(20)12-8-2-4-10(6-8)14(12)18/h7-14H,1-6H2/b16-15+/t7-,8+,9+,10-,11-,12-,13-,14+/m1/s1. The normalized spacial score (nSPS) is 54.6. The van der Waals surface area contributed by atoms with E-state index in [1.807, 2.05) is 0 Å². The van der Waals surface area contributed by atoms with Crippen molar-refractivity contribution in [3.8, 4) is 0 Å². The SMILES string of the molecule is F/C(=C(/F)[C@@H]1[C@H]2CC[C@H](C2)[C@@H]1Br)[C@@H]1[C@@H]2CC[C@@H](C2)[C@H]1Br. The van der Waals surface area contributed by atoms with E-state index in [9.17, 15) is 8.78 Å². The van der Waals surface area contributed by atoms with Crippen LogP contribution in [-0.2, 0) is 0 Å². The Bertz CT molecular complexity index is 406. The smallest absolute Gasteiger partial charge is 0.136 e. The van der Waals surface area contributed by atoms with E-state index < -0.39 is 11.7 Å². The lowest BCUT2D eigenvalue weighted by Gasteiger charge is -2.30. The van der Waals surface area contributed by atoms with E-state index in [2.05, 4.69) is 31.9 Å². The number of rotatable bonds is 2. The van der Waals surface area contributed by atoms with Crippen molar-refractivity contribution < 1.29 is 8.78 Å². The van der Waals surface area contributed by atoms with Crippen LogP contribution in [0.2, 0.25) is 0 Å². The zero-order valence-corrected chi connectivity index (χ0v) is 14.5. The van der Waals surface area contributed by atoms with Crippen LogP contribution in [0.3, 0.4) is 0 Å². The molecule has 4 rings (SSSR count). The molecule has 0 aromatic carbocycles. The van der Waals surface area contributed by atoms with Crippen LogP contribution in [0.25, 0.3) is 0 Å². The third kappa shape index (κ3) is 1.92. The van der Waals surface area contributed by atoms with E-state index >= 15 is 0 Å². The minimum Gasteiger partial charge on any atom is -0.209 e. The summed E-state index contributed by atoms with van der Waals surface area (Å²) in [5.74, 6) is 0.610. The molecule has 4 fully saturated rings. The van der Waals surface area contributed by atoms with E-state index in [4.69, 9.17) is 0 Å². The summed E-state index contributed by atoms with van der Waals surface area (Å²) in [5, 5.41) is 0. The van der Waals surface area contributed by atoms with Crippen LogP contribution in [0, 0.1) is 35.5 Å². The highest BCUT2D eigenvalue weighted by Crippen LogP contribution is 2.58. The molecule has 0 spiro atoms. The summed E-state index contributed by atoms with van der Waals surface area (Å²) in [6.07, 6.45) is 6.67. The maximum Gasteiger partial charge on any atom is 0.136 e. The van der Waals surface area contributed by atoms with Crippen molar-refractivity contribution in [2.45, 2.75) is 48.2 Å². The average Bonchev–Trinajstić information content (AvgIpc) is 3.16. The Morgan fingerprint density at radius 2 is 1.00 bits per heavy atom. The molecule has 0 unspecified atom stereocenters. The maximum atomic E-state index is 14.8. The van der Waals surface area contributed by atoms with Gasteiger partial charge in [-0.05, 0) is 62.2 Å². The number of halogens is 4. The largest absolute Gasteiger partial charge is 0.209 e. The molecule has 0 nitrogen and oxygen atoms in total. The van der Waals surface area contributed by atoms with Gasteiger partial charge in [-0.3, -0.25) is 0 Å². The topological polar surface area (TPSA) is 0 Å². The van der Waals surface area contributed by atoms with Gasteiger partial charge in [0.05, 0.1) is 0 Å². The highest BCUT2D eigenvalue weighted by atomic mass is 79.9. The van der Waals surface area contributed by atoms with E-state index in [0.717, 1.165) is 25.7 Å². The van der Waals surface area contributed by atoms with E-state index in [1.54, 1.807) is 0 Å². The fraction of sp³-hybridized carbons (Fsp3) is 0.875. The van der Waals surface area contributed by atoms with Crippen LogP contribution in [0.1, 0.15) is 38.5 Å². The molecule has 112 valence electrons.